The van der Waals surface area contributed by atoms with Gasteiger partial charge in [0.1, 0.15) is 6.04 Å². The lowest BCUT2D eigenvalue weighted by Gasteiger charge is -2.20. The topological polar surface area (TPSA) is 86.7 Å². The number of nitrogens with one attached hydrogen (secondary N) is 1. The fraction of sp³-hybridized carbons (Fsp3) is 0.286. The first-order valence-electron chi connectivity index (χ1n) is 8.74. The van der Waals surface area contributed by atoms with Crippen LogP contribution in [0.5, 0.6) is 0 Å². The molecule has 2 amide bonds. The molecule has 1 atom stereocenters. The summed E-state index contributed by atoms with van der Waals surface area (Å²) in [5.74, 6) is -1.81. The van der Waals surface area contributed by atoms with E-state index in [9.17, 15) is 19.5 Å². The molecule has 3 rings (SSSR count). The SMILES string of the molecule is Cc1cc(C)c(NC2CC(=O)N(c3cc(C(=O)O)ccc3C)C2=O)c(C)c1. The third kappa shape index (κ3) is 3.43. The van der Waals surface area contributed by atoms with Crippen molar-refractivity contribution in [1.29, 1.82) is 0 Å². The first kappa shape index (κ1) is 18.6. The Morgan fingerprint density at radius 1 is 1.04 bits per heavy atom. The third-order valence-corrected chi connectivity index (χ3v) is 4.84. The molecular formula is C21H22N2O4. The molecule has 27 heavy (non-hydrogen) atoms. The van der Waals surface area contributed by atoms with Gasteiger partial charge in [-0.25, -0.2) is 9.69 Å². The fourth-order valence-corrected chi connectivity index (χ4v) is 3.56. The lowest BCUT2D eigenvalue weighted by atomic mass is 10.0. The predicted molar refractivity (Wildman–Crippen MR) is 103 cm³/mol. The number of aryl methyl sites for hydroxylation is 4. The van der Waals surface area contributed by atoms with E-state index in [1.165, 1.54) is 12.1 Å². The molecule has 0 aromatic heterocycles. The van der Waals surface area contributed by atoms with Crippen LogP contribution >= 0.6 is 0 Å². The van der Waals surface area contributed by atoms with E-state index in [1.807, 2.05) is 32.9 Å². The van der Waals surface area contributed by atoms with Crippen molar-refractivity contribution in [2.45, 2.75) is 40.2 Å². The highest BCUT2D eigenvalue weighted by molar-refractivity contribution is 6.23. The van der Waals surface area contributed by atoms with Gasteiger partial charge in [-0.2, -0.15) is 0 Å². The molecule has 1 aliphatic rings. The first-order valence-corrected chi connectivity index (χ1v) is 8.74. The van der Waals surface area contributed by atoms with Crippen LogP contribution in [0.2, 0.25) is 0 Å². The van der Waals surface area contributed by atoms with Crippen molar-refractivity contribution in [1.82, 2.24) is 0 Å². The first-order chi connectivity index (χ1) is 12.7. The molecule has 1 unspecified atom stereocenters. The van der Waals surface area contributed by atoms with Gasteiger partial charge in [0.05, 0.1) is 17.7 Å². The van der Waals surface area contributed by atoms with Gasteiger partial charge in [0.2, 0.25) is 5.91 Å². The van der Waals surface area contributed by atoms with Gasteiger partial charge in [-0.15, -0.1) is 0 Å². The number of imide groups is 1. The lowest BCUT2D eigenvalue weighted by molar-refractivity contribution is -0.121. The van der Waals surface area contributed by atoms with Gasteiger partial charge in [0.25, 0.3) is 5.91 Å². The average Bonchev–Trinajstić information content (AvgIpc) is 2.85. The molecule has 0 spiro atoms. The summed E-state index contributed by atoms with van der Waals surface area (Å²) in [5, 5.41) is 12.4. The van der Waals surface area contributed by atoms with Crippen molar-refractivity contribution in [3.8, 4) is 0 Å². The Labute approximate surface area is 157 Å². The van der Waals surface area contributed by atoms with Gasteiger partial charge in [-0.1, -0.05) is 23.8 Å². The summed E-state index contributed by atoms with van der Waals surface area (Å²) in [7, 11) is 0. The number of carboxylic acid groups (broad SMARTS) is 1. The van der Waals surface area contributed by atoms with Crippen LogP contribution in [0.15, 0.2) is 30.3 Å². The van der Waals surface area contributed by atoms with Crippen molar-refractivity contribution in [3.63, 3.8) is 0 Å². The number of carboxylic acids is 1. The van der Waals surface area contributed by atoms with E-state index in [4.69, 9.17) is 0 Å². The van der Waals surface area contributed by atoms with Gasteiger partial charge in [0.15, 0.2) is 0 Å². The zero-order valence-corrected chi connectivity index (χ0v) is 15.8. The number of carbonyl (C=O) groups excluding carboxylic acids is 2. The number of amides is 2. The van der Waals surface area contributed by atoms with Crippen molar-refractivity contribution in [2.75, 3.05) is 10.2 Å². The quantitative estimate of drug-likeness (QED) is 0.810. The molecule has 1 heterocycles. The highest BCUT2D eigenvalue weighted by atomic mass is 16.4. The van der Waals surface area contributed by atoms with Gasteiger partial charge in [0, 0.05) is 5.69 Å². The van der Waals surface area contributed by atoms with E-state index in [1.54, 1.807) is 13.0 Å². The second-order valence-electron chi connectivity index (χ2n) is 7.05. The Morgan fingerprint density at radius 2 is 1.67 bits per heavy atom. The van der Waals surface area contributed by atoms with Crippen molar-refractivity contribution >= 4 is 29.2 Å². The summed E-state index contributed by atoms with van der Waals surface area (Å²) in [6.45, 7) is 7.67. The average molecular weight is 366 g/mol. The van der Waals surface area contributed by atoms with E-state index in [0.29, 0.717) is 11.3 Å². The molecule has 1 fully saturated rings. The van der Waals surface area contributed by atoms with Crippen LogP contribution in [-0.4, -0.2) is 28.9 Å². The maximum Gasteiger partial charge on any atom is 0.335 e. The number of nitrogens with zero attached hydrogens (tertiary/aromatic N) is 1. The van der Waals surface area contributed by atoms with E-state index in [-0.39, 0.29) is 23.8 Å². The van der Waals surface area contributed by atoms with E-state index >= 15 is 0 Å². The Hall–Kier alpha value is -3.15. The van der Waals surface area contributed by atoms with Crippen LogP contribution in [0.25, 0.3) is 0 Å². The summed E-state index contributed by atoms with van der Waals surface area (Å²) in [6.07, 6.45) is 0.0301. The van der Waals surface area contributed by atoms with Crippen molar-refractivity contribution in [2.24, 2.45) is 0 Å². The molecule has 0 aliphatic carbocycles. The Morgan fingerprint density at radius 3 is 2.26 bits per heavy atom. The zero-order chi connectivity index (χ0) is 19.9. The molecule has 2 aromatic rings. The molecule has 6 heteroatoms. The highest BCUT2D eigenvalue weighted by Crippen LogP contribution is 2.30. The molecular weight excluding hydrogens is 344 g/mol. The smallest absolute Gasteiger partial charge is 0.335 e. The molecule has 1 saturated heterocycles. The minimum Gasteiger partial charge on any atom is -0.478 e. The van der Waals surface area contributed by atoms with E-state index < -0.39 is 12.0 Å². The normalized spacial score (nSPS) is 16.7. The number of aromatic carboxylic acids is 1. The van der Waals surface area contributed by atoms with Crippen molar-refractivity contribution < 1.29 is 19.5 Å². The molecule has 2 aromatic carbocycles. The maximum absolute atomic E-state index is 12.9. The second kappa shape index (κ2) is 6.87. The highest BCUT2D eigenvalue weighted by Gasteiger charge is 2.40. The summed E-state index contributed by atoms with van der Waals surface area (Å²) in [5.41, 5.74) is 5.04. The summed E-state index contributed by atoms with van der Waals surface area (Å²) in [6, 6.07) is 7.81. The molecule has 0 saturated carbocycles. The van der Waals surface area contributed by atoms with Crippen LogP contribution in [-0.2, 0) is 9.59 Å². The van der Waals surface area contributed by atoms with Crippen LogP contribution in [0.1, 0.15) is 39.0 Å². The number of anilines is 2. The molecule has 140 valence electrons. The van der Waals surface area contributed by atoms with E-state index in [0.717, 1.165) is 27.3 Å². The van der Waals surface area contributed by atoms with Gasteiger partial charge >= 0.3 is 5.97 Å². The van der Waals surface area contributed by atoms with Gasteiger partial charge < -0.3 is 10.4 Å². The monoisotopic (exact) mass is 366 g/mol. The summed E-state index contributed by atoms with van der Waals surface area (Å²) >= 11 is 0. The largest absolute Gasteiger partial charge is 0.478 e. The summed E-state index contributed by atoms with van der Waals surface area (Å²) in [4.78, 5) is 37.8. The minimum atomic E-state index is -1.10. The molecule has 1 aliphatic heterocycles. The number of carbonyl (C=O) groups is 3. The van der Waals surface area contributed by atoms with Crippen LogP contribution < -0.4 is 10.2 Å². The second-order valence-corrected chi connectivity index (χ2v) is 7.05. The predicted octanol–water partition coefficient (Wildman–Crippen LogP) is 3.36. The van der Waals surface area contributed by atoms with Crippen LogP contribution in [0.4, 0.5) is 11.4 Å². The molecule has 0 radical (unpaired) electrons. The molecule has 6 nitrogen and oxygen atoms in total. The third-order valence-electron chi connectivity index (χ3n) is 4.84. The van der Waals surface area contributed by atoms with E-state index in [2.05, 4.69) is 5.32 Å². The number of benzene rings is 2. The van der Waals surface area contributed by atoms with Gasteiger partial charge in [-0.3, -0.25) is 9.59 Å². The maximum atomic E-state index is 12.9. The standard InChI is InChI=1S/C21H22N2O4/c1-11-7-13(3)19(14(4)8-11)22-16-10-18(24)23(20(16)25)17-9-15(21(26)27)6-5-12(17)2/h5-9,16,22H,10H2,1-4H3,(H,26,27). The minimum absolute atomic E-state index is 0.0301. The van der Waals surface area contributed by atoms with Crippen molar-refractivity contribution in [3.05, 3.63) is 58.1 Å². The zero-order valence-electron chi connectivity index (χ0n) is 15.8. The lowest BCUT2D eigenvalue weighted by Crippen LogP contribution is -2.35. The molecule has 2 N–H and O–H groups in total. The van der Waals surface area contributed by atoms with Crippen LogP contribution in [0, 0.1) is 27.7 Å². The number of rotatable bonds is 4. The number of hydrogen-bond acceptors (Lipinski definition) is 4. The Bertz CT molecular complexity index is 942. The fourth-order valence-electron chi connectivity index (χ4n) is 3.56. The Balaban J connectivity index is 1.93. The Kier molecular flexibility index (Phi) is 4.74. The van der Waals surface area contributed by atoms with Gasteiger partial charge in [-0.05, 0) is 56.5 Å². The molecule has 0 bridgehead atoms. The summed E-state index contributed by atoms with van der Waals surface area (Å²) < 4.78 is 0. The number of hydrogen-bond donors (Lipinski definition) is 2. The van der Waals surface area contributed by atoms with Crippen LogP contribution in [0.3, 0.4) is 0 Å².